The molecule has 1 aromatic carbocycles. The van der Waals surface area contributed by atoms with Gasteiger partial charge in [0.25, 0.3) is 5.56 Å². The van der Waals surface area contributed by atoms with Crippen LogP contribution in [-0.4, -0.2) is 35.8 Å². The quantitative estimate of drug-likeness (QED) is 0.465. The lowest BCUT2D eigenvalue weighted by atomic mass is 10.1. The van der Waals surface area contributed by atoms with Crippen molar-refractivity contribution >= 4 is 29.0 Å². The number of amides is 1. The van der Waals surface area contributed by atoms with Crippen LogP contribution in [-0.2, 0) is 18.3 Å². The maximum atomic E-state index is 13.7. The SMILES string of the molecule is Cc1nc2ccccn2c(=O)c1Cc1nnc(SCC(=O)Nc2ccccc2F)n1C. The summed E-state index contributed by atoms with van der Waals surface area (Å²) in [6.07, 6.45) is 1.95. The smallest absolute Gasteiger partial charge is 0.261 e. The van der Waals surface area contributed by atoms with Crippen LogP contribution in [0.5, 0.6) is 0 Å². The Labute approximate surface area is 181 Å². The van der Waals surface area contributed by atoms with Crippen molar-refractivity contribution in [1.82, 2.24) is 24.1 Å². The van der Waals surface area contributed by atoms with Crippen molar-refractivity contribution in [1.29, 1.82) is 0 Å². The number of rotatable bonds is 6. The van der Waals surface area contributed by atoms with Gasteiger partial charge in [0.1, 0.15) is 17.3 Å². The van der Waals surface area contributed by atoms with Crippen molar-refractivity contribution in [2.24, 2.45) is 7.05 Å². The highest BCUT2D eigenvalue weighted by Gasteiger charge is 2.16. The second kappa shape index (κ2) is 8.68. The average Bonchev–Trinajstić information content (AvgIpc) is 3.10. The minimum Gasteiger partial charge on any atom is -0.323 e. The number of nitrogens with zero attached hydrogens (tertiary/aromatic N) is 5. The molecule has 158 valence electrons. The molecule has 10 heteroatoms. The standard InChI is InChI=1S/C21H19FN6O2S/c1-13-14(20(30)28-10-6-5-9-17(28)23-13)11-18-25-26-21(27(18)2)31-12-19(29)24-16-8-4-3-7-15(16)22/h3-10H,11-12H2,1-2H3,(H,24,29). The first-order chi connectivity index (χ1) is 14.9. The lowest BCUT2D eigenvalue weighted by molar-refractivity contribution is -0.113. The number of fused-ring (bicyclic) bond motifs is 1. The summed E-state index contributed by atoms with van der Waals surface area (Å²) >= 11 is 1.18. The molecule has 0 unspecified atom stereocenters. The third kappa shape index (κ3) is 4.33. The fraction of sp³-hybridized carbons (Fsp3) is 0.190. The Bertz CT molecular complexity index is 1330. The average molecular weight is 438 g/mol. The number of hydrogen-bond acceptors (Lipinski definition) is 6. The number of carbonyl (C=O) groups excluding carboxylic acids is 1. The minimum absolute atomic E-state index is 0.0412. The Morgan fingerprint density at radius 3 is 2.74 bits per heavy atom. The zero-order valence-corrected chi connectivity index (χ0v) is 17.7. The number of aromatic nitrogens is 5. The summed E-state index contributed by atoms with van der Waals surface area (Å²) in [5.74, 6) is -0.228. The molecule has 1 amide bonds. The van der Waals surface area contributed by atoms with Crippen LogP contribution in [0.25, 0.3) is 5.65 Å². The van der Waals surface area contributed by atoms with Crippen LogP contribution < -0.4 is 10.9 Å². The molecule has 0 radical (unpaired) electrons. The van der Waals surface area contributed by atoms with Gasteiger partial charge < -0.3 is 9.88 Å². The van der Waals surface area contributed by atoms with Crippen LogP contribution in [0.4, 0.5) is 10.1 Å². The zero-order valence-electron chi connectivity index (χ0n) is 16.9. The van der Waals surface area contributed by atoms with Gasteiger partial charge in [-0.25, -0.2) is 9.37 Å². The number of pyridine rings is 1. The molecule has 0 aliphatic carbocycles. The van der Waals surface area contributed by atoms with E-state index < -0.39 is 5.82 Å². The number of carbonyl (C=O) groups is 1. The molecule has 4 aromatic rings. The normalized spacial score (nSPS) is 11.1. The Balaban J connectivity index is 1.48. The zero-order chi connectivity index (χ0) is 22.0. The maximum absolute atomic E-state index is 13.7. The van der Waals surface area contributed by atoms with Crippen molar-refractivity contribution in [3.8, 4) is 0 Å². The number of aryl methyl sites for hydroxylation is 1. The van der Waals surface area contributed by atoms with E-state index in [1.165, 1.54) is 28.3 Å². The number of para-hydroxylation sites is 1. The number of hydrogen-bond donors (Lipinski definition) is 1. The summed E-state index contributed by atoms with van der Waals surface area (Å²) in [5, 5.41) is 11.3. The number of anilines is 1. The predicted molar refractivity (Wildman–Crippen MR) is 116 cm³/mol. The Morgan fingerprint density at radius 1 is 1.16 bits per heavy atom. The largest absolute Gasteiger partial charge is 0.323 e. The molecule has 1 N–H and O–H groups in total. The lowest BCUT2D eigenvalue weighted by Gasteiger charge is -2.08. The highest BCUT2D eigenvalue weighted by atomic mass is 32.2. The van der Waals surface area contributed by atoms with E-state index in [1.807, 2.05) is 6.07 Å². The molecule has 0 saturated heterocycles. The highest BCUT2D eigenvalue weighted by molar-refractivity contribution is 7.99. The van der Waals surface area contributed by atoms with E-state index in [0.717, 1.165) is 0 Å². The predicted octanol–water partition coefficient (Wildman–Crippen LogP) is 2.59. The van der Waals surface area contributed by atoms with Crippen molar-refractivity contribution in [2.75, 3.05) is 11.1 Å². The van der Waals surface area contributed by atoms with E-state index in [1.54, 1.807) is 49.0 Å². The number of benzene rings is 1. The van der Waals surface area contributed by atoms with E-state index in [0.29, 0.717) is 27.9 Å². The van der Waals surface area contributed by atoms with Gasteiger partial charge in [0.2, 0.25) is 5.91 Å². The van der Waals surface area contributed by atoms with Crippen molar-refractivity contribution in [3.63, 3.8) is 0 Å². The van der Waals surface area contributed by atoms with E-state index in [4.69, 9.17) is 0 Å². The van der Waals surface area contributed by atoms with Crippen LogP contribution >= 0.6 is 11.8 Å². The summed E-state index contributed by atoms with van der Waals surface area (Å²) in [4.78, 5) is 29.5. The third-order valence-corrected chi connectivity index (χ3v) is 5.79. The van der Waals surface area contributed by atoms with Crippen LogP contribution in [0.2, 0.25) is 0 Å². The molecule has 0 bridgehead atoms. The van der Waals surface area contributed by atoms with Crippen molar-refractivity contribution in [3.05, 3.63) is 81.9 Å². The summed E-state index contributed by atoms with van der Waals surface area (Å²) in [5.41, 5.74) is 1.74. The van der Waals surface area contributed by atoms with Gasteiger partial charge in [-0.15, -0.1) is 10.2 Å². The van der Waals surface area contributed by atoms with Gasteiger partial charge in [0, 0.05) is 30.9 Å². The molecular weight excluding hydrogens is 419 g/mol. The first-order valence-corrected chi connectivity index (χ1v) is 10.4. The lowest BCUT2D eigenvalue weighted by Crippen LogP contribution is -2.22. The fourth-order valence-electron chi connectivity index (χ4n) is 3.10. The molecule has 3 heterocycles. The molecule has 31 heavy (non-hydrogen) atoms. The van der Waals surface area contributed by atoms with Gasteiger partial charge in [-0.1, -0.05) is 30.0 Å². The third-order valence-electron chi connectivity index (χ3n) is 4.77. The van der Waals surface area contributed by atoms with E-state index in [9.17, 15) is 14.0 Å². The molecular formula is C21H19FN6O2S. The van der Waals surface area contributed by atoms with Gasteiger partial charge >= 0.3 is 0 Å². The van der Waals surface area contributed by atoms with Crippen molar-refractivity contribution in [2.45, 2.75) is 18.5 Å². The first-order valence-electron chi connectivity index (χ1n) is 9.46. The van der Waals surface area contributed by atoms with Crippen molar-refractivity contribution < 1.29 is 9.18 Å². The minimum atomic E-state index is -0.493. The fourth-order valence-corrected chi connectivity index (χ4v) is 3.83. The summed E-state index contributed by atoms with van der Waals surface area (Å²) in [6, 6.07) is 11.4. The van der Waals surface area contributed by atoms with Gasteiger partial charge in [0.05, 0.1) is 11.4 Å². The van der Waals surface area contributed by atoms with E-state index in [2.05, 4.69) is 20.5 Å². The highest BCUT2D eigenvalue weighted by Crippen LogP contribution is 2.19. The van der Waals surface area contributed by atoms with E-state index >= 15 is 0 Å². The molecule has 0 spiro atoms. The van der Waals surface area contributed by atoms with Crippen LogP contribution in [0.1, 0.15) is 17.1 Å². The summed E-state index contributed by atoms with van der Waals surface area (Å²) in [7, 11) is 1.77. The molecule has 0 aliphatic rings. The summed E-state index contributed by atoms with van der Waals surface area (Å²) < 4.78 is 16.9. The second-order valence-corrected chi connectivity index (χ2v) is 7.80. The monoisotopic (exact) mass is 438 g/mol. The Morgan fingerprint density at radius 2 is 1.94 bits per heavy atom. The van der Waals surface area contributed by atoms with Gasteiger partial charge in [-0.3, -0.25) is 14.0 Å². The van der Waals surface area contributed by atoms with Gasteiger partial charge in [-0.05, 0) is 31.2 Å². The number of halogens is 1. The van der Waals surface area contributed by atoms with Gasteiger partial charge in [0.15, 0.2) is 5.16 Å². The first kappa shape index (κ1) is 20.7. The topological polar surface area (TPSA) is 94.2 Å². The molecule has 0 atom stereocenters. The van der Waals surface area contributed by atoms with Crippen LogP contribution in [0.3, 0.4) is 0 Å². The molecule has 0 saturated carbocycles. The van der Waals surface area contributed by atoms with E-state index in [-0.39, 0.29) is 29.3 Å². The van der Waals surface area contributed by atoms with Gasteiger partial charge in [-0.2, -0.15) is 0 Å². The molecule has 3 aromatic heterocycles. The number of thioether (sulfide) groups is 1. The molecule has 0 aliphatic heterocycles. The summed E-state index contributed by atoms with van der Waals surface area (Å²) in [6.45, 7) is 1.79. The molecule has 0 fully saturated rings. The van der Waals surface area contributed by atoms with Crippen LogP contribution in [0, 0.1) is 12.7 Å². The maximum Gasteiger partial charge on any atom is 0.261 e. The molecule has 8 nitrogen and oxygen atoms in total. The second-order valence-electron chi connectivity index (χ2n) is 6.86. The Hall–Kier alpha value is -3.53. The Kier molecular flexibility index (Phi) is 5.81. The van der Waals surface area contributed by atoms with Crippen LogP contribution in [0.15, 0.2) is 58.6 Å². The molecule has 4 rings (SSSR count). The number of nitrogens with one attached hydrogen (secondary N) is 1.